The lowest BCUT2D eigenvalue weighted by Crippen LogP contribution is -2.46. The van der Waals surface area contributed by atoms with Crippen molar-refractivity contribution >= 4 is 81.8 Å². The first-order valence-electron chi connectivity index (χ1n) is 24.3. The molecule has 0 spiro atoms. The van der Waals surface area contributed by atoms with E-state index in [4.69, 9.17) is 33.7 Å². The van der Waals surface area contributed by atoms with E-state index >= 15 is 0 Å². The van der Waals surface area contributed by atoms with Crippen LogP contribution in [0.15, 0.2) is 114 Å². The van der Waals surface area contributed by atoms with Gasteiger partial charge >= 0.3 is 30.7 Å². The van der Waals surface area contributed by atoms with Crippen molar-refractivity contribution < 1.29 is 71.8 Å². The Labute approximate surface area is 484 Å². The standard InChI is InChI=1S/C29H27ClF6N2O2S.C16H13F6N.C13H14ClNO2S/c1-16-10-17(11-18-12-19(28(31,32)33)14-20(13-18)29(34,35)36)8-9-23(16)37-25(39)21-6-5-7-22(30)24(21)26(40)38-27(2,3)15-41-4;1-9-4-10(2-3-14(9)23)5-11-6-12(15(17,18)19)8-13(7-11)16(20,21)22;1-13(2,7-18-3)15-11-10-8(12(16)17-11)5-4-6-9(10)14/h5-10,12-14H,11,15H2,1-4H3,(H,37,39)(H,38,40);2-4,6-8H,5,23H2,1H3;4-6H,7H2,1-3H3. The fourth-order valence-corrected chi connectivity index (χ4v) is 10.4. The highest BCUT2D eigenvalue weighted by molar-refractivity contribution is 7.98. The fourth-order valence-electron chi connectivity index (χ4n) is 8.28. The Morgan fingerprint density at radius 1 is 0.585 bits per heavy atom. The Morgan fingerprint density at radius 2 is 1.05 bits per heavy atom. The van der Waals surface area contributed by atoms with Crippen LogP contribution < -0.4 is 16.4 Å². The molecule has 0 radical (unpaired) electrons. The maximum atomic E-state index is 13.2. The van der Waals surface area contributed by atoms with Gasteiger partial charge in [-0.1, -0.05) is 59.6 Å². The Morgan fingerprint density at radius 3 is 1.51 bits per heavy atom. The molecule has 0 fully saturated rings. The van der Waals surface area contributed by atoms with Crippen LogP contribution >= 0.6 is 46.7 Å². The molecule has 440 valence electrons. The second-order valence-electron chi connectivity index (χ2n) is 20.1. The number of nitrogens with one attached hydrogen (secondary N) is 2. The van der Waals surface area contributed by atoms with Gasteiger partial charge in [0.05, 0.1) is 60.1 Å². The minimum Gasteiger partial charge on any atom is -0.403 e. The molecule has 6 aromatic carbocycles. The van der Waals surface area contributed by atoms with E-state index in [0.717, 1.165) is 17.9 Å². The number of alkyl halides is 12. The first-order chi connectivity index (χ1) is 37.8. The summed E-state index contributed by atoms with van der Waals surface area (Å²) in [6, 6.07) is 22.0. The lowest BCUT2D eigenvalue weighted by molar-refractivity contribution is -0.144. The number of cyclic esters (lactones) is 1. The Bertz CT molecular complexity index is 3300. The molecule has 1 aliphatic heterocycles. The first kappa shape index (κ1) is 66.4. The van der Waals surface area contributed by atoms with E-state index in [9.17, 15) is 67.1 Å². The maximum absolute atomic E-state index is 13.2. The summed E-state index contributed by atoms with van der Waals surface area (Å²) >= 11 is 15.7. The van der Waals surface area contributed by atoms with E-state index in [1.165, 1.54) is 30.3 Å². The number of nitrogens with zero attached hydrogens (tertiary/aromatic N) is 1. The predicted molar refractivity (Wildman–Crippen MR) is 300 cm³/mol. The molecule has 0 aliphatic carbocycles. The van der Waals surface area contributed by atoms with Gasteiger partial charge in [-0.3, -0.25) is 9.59 Å². The number of fused-ring (bicyclic) bond motifs is 1. The average Bonchev–Trinajstić information content (AvgIpc) is 3.91. The van der Waals surface area contributed by atoms with Crippen LogP contribution in [0, 0.1) is 13.8 Å². The SMILES string of the molecule is CSCC(C)(C)N=C1OC(=O)c2cccc(Cl)c21.CSCC(C)(C)NC(=O)c1c(Cl)cccc1C(=O)Nc1ccc(Cc2cc(C(F)(F)F)cc(C(F)(F)F)c2)cc1C.Cc1cc(Cc2cc(C(F)(F)F)cc(C(F)(F)F)c2)ccc1N. The Hall–Kier alpha value is -6.36. The Kier molecular flexibility index (Phi) is 21.5. The van der Waals surface area contributed by atoms with Crippen LogP contribution in [0.1, 0.15) is 120 Å². The second-order valence-corrected chi connectivity index (χ2v) is 22.7. The number of carbonyl (C=O) groups excluding carboxylic acids is 3. The number of anilines is 2. The van der Waals surface area contributed by atoms with Gasteiger partial charge in [-0.15, -0.1) is 0 Å². The second kappa shape index (κ2) is 26.5. The molecule has 82 heavy (non-hydrogen) atoms. The molecule has 0 unspecified atom stereocenters. The number of amides is 2. The molecule has 0 saturated carbocycles. The van der Waals surface area contributed by atoms with Crippen LogP contribution in [-0.2, 0) is 42.3 Å². The van der Waals surface area contributed by atoms with Crippen molar-refractivity contribution in [2.75, 3.05) is 35.1 Å². The van der Waals surface area contributed by atoms with Crippen molar-refractivity contribution in [2.24, 2.45) is 4.99 Å². The number of hydrogen-bond acceptors (Lipinski definition) is 8. The number of benzene rings is 6. The number of halogens is 14. The van der Waals surface area contributed by atoms with Gasteiger partial charge < -0.3 is 21.1 Å². The van der Waals surface area contributed by atoms with Crippen LogP contribution in [0.2, 0.25) is 10.0 Å². The molecule has 0 bridgehead atoms. The Balaban J connectivity index is 0.000000251. The number of aliphatic imine (C=N–C) groups is 1. The van der Waals surface area contributed by atoms with Crippen LogP contribution in [0.25, 0.3) is 0 Å². The summed E-state index contributed by atoms with van der Waals surface area (Å²) in [5.74, 6) is 0.267. The molecule has 24 heteroatoms. The molecule has 0 saturated heterocycles. The molecule has 7 rings (SSSR count). The van der Waals surface area contributed by atoms with Crippen molar-refractivity contribution in [1.82, 2.24) is 5.32 Å². The largest absolute Gasteiger partial charge is 0.416 e. The number of nitrogen functional groups attached to an aromatic ring is 1. The molecule has 0 atom stereocenters. The normalized spacial score (nSPS) is 13.3. The lowest BCUT2D eigenvalue weighted by atomic mass is 9.97. The monoisotopic (exact) mass is 1230 g/mol. The van der Waals surface area contributed by atoms with Crippen molar-refractivity contribution in [3.05, 3.63) is 197 Å². The summed E-state index contributed by atoms with van der Waals surface area (Å²) in [4.78, 5) is 42.5. The third-order valence-corrected chi connectivity index (χ3v) is 14.6. The van der Waals surface area contributed by atoms with E-state index in [1.807, 2.05) is 40.2 Å². The van der Waals surface area contributed by atoms with Crippen molar-refractivity contribution in [2.45, 2.75) is 90.2 Å². The molecule has 8 nitrogen and oxygen atoms in total. The highest BCUT2D eigenvalue weighted by atomic mass is 35.5. The minimum atomic E-state index is -4.94. The summed E-state index contributed by atoms with van der Waals surface area (Å²) in [5, 5.41) is 6.17. The van der Waals surface area contributed by atoms with E-state index < -0.39 is 64.3 Å². The fraction of sp³-hybridized carbons (Fsp3) is 0.310. The minimum absolute atomic E-state index is 0.000123. The van der Waals surface area contributed by atoms with Gasteiger partial charge in [0, 0.05) is 28.4 Å². The molecular weight excluding hydrogens is 1180 g/mol. The van der Waals surface area contributed by atoms with Crippen LogP contribution in [0.4, 0.5) is 64.1 Å². The van der Waals surface area contributed by atoms with E-state index in [0.29, 0.717) is 73.6 Å². The molecule has 1 aliphatic rings. The number of aryl methyl sites for hydroxylation is 2. The number of esters is 1. The highest BCUT2D eigenvalue weighted by Crippen LogP contribution is 2.39. The first-order valence-corrected chi connectivity index (χ1v) is 27.9. The lowest BCUT2D eigenvalue weighted by Gasteiger charge is -2.26. The predicted octanol–water partition coefficient (Wildman–Crippen LogP) is 17.0. The maximum Gasteiger partial charge on any atom is 0.416 e. The van der Waals surface area contributed by atoms with Gasteiger partial charge in [-0.25, -0.2) is 9.79 Å². The number of carbonyl (C=O) groups is 3. The molecular formula is C58H54Cl2F12N4O4S2. The number of thioether (sulfide) groups is 2. The number of nitrogens with two attached hydrogens (primary N) is 1. The summed E-state index contributed by atoms with van der Waals surface area (Å²) in [7, 11) is 0. The molecule has 1 heterocycles. The molecule has 6 aromatic rings. The van der Waals surface area contributed by atoms with E-state index in [2.05, 4.69) is 15.6 Å². The summed E-state index contributed by atoms with van der Waals surface area (Å²) in [6.45, 7) is 11.0. The van der Waals surface area contributed by atoms with Crippen molar-refractivity contribution in [3.63, 3.8) is 0 Å². The van der Waals surface area contributed by atoms with E-state index in [-0.39, 0.29) is 63.8 Å². The molecule has 2 amide bonds. The average molecular weight is 1230 g/mol. The third-order valence-electron chi connectivity index (χ3n) is 12.0. The number of rotatable bonds is 13. The van der Waals surface area contributed by atoms with Crippen molar-refractivity contribution in [1.29, 1.82) is 0 Å². The molecule has 0 aromatic heterocycles. The van der Waals surface area contributed by atoms with Gasteiger partial charge in [-0.05, 0) is 173 Å². The summed E-state index contributed by atoms with van der Waals surface area (Å²) in [6.07, 6.45) is -15.9. The van der Waals surface area contributed by atoms with Gasteiger partial charge in [-0.2, -0.15) is 76.2 Å². The zero-order valence-corrected chi connectivity index (χ0v) is 48.1. The third kappa shape index (κ3) is 18.3. The zero-order valence-electron chi connectivity index (χ0n) is 45.0. The molecule has 4 N–H and O–H groups in total. The van der Waals surface area contributed by atoms with Crippen LogP contribution in [0.5, 0.6) is 0 Å². The topological polar surface area (TPSA) is 123 Å². The van der Waals surface area contributed by atoms with Crippen molar-refractivity contribution in [3.8, 4) is 0 Å². The van der Waals surface area contributed by atoms with Gasteiger partial charge in [0.25, 0.3) is 11.8 Å². The highest BCUT2D eigenvalue weighted by Gasteiger charge is 2.39. The zero-order chi connectivity index (χ0) is 61.5. The summed E-state index contributed by atoms with van der Waals surface area (Å²) < 4.78 is 161. The quantitative estimate of drug-likeness (QED) is 0.0598. The van der Waals surface area contributed by atoms with Crippen LogP contribution in [-0.4, -0.2) is 58.8 Å². The van der Waals surface area contributed by atoms with E-state index in [1.54, 1.807) is 79.8 Å². The number of hydrogen-bond donors (Lipinski definition) is 3. The smallest absolute Gasteiger partial charge is 0.403 e. The van der Waals surface area contributed by atoms with Gasteiger partial charge in [0.15, 0.2) is 0 Å². The number of ether oxygens (including phenoxy) is 1. The van der Waals surface area contributed by atoms with Crippen LogP contribution in [0.3, 0.4) is 0 Å². The van der Waals surface area contributed by atoms with Gasteiger partial charge in [0.2, 0.25) is 5.90 Å². The summed E-state index contributed by atoms with van der Waals surface area (Å²) in [5.41, 5.74) is 3.38. The van der Waals surface area contributed by atoms with Gasteiger partial charge in [0.1, 0.15) is 0 Å².